The lowest BCUT2D eigenvalue weighted by molar-refractivity contribution is -0.140. The Hall–Kier alpha value is -4.46. The SMILES string of the molecule is COc1ccc(/C(O)=C2\C(=O)C(=O)N(Cc3ccccc3)C2c2cc(OC)c(OC)c(OC)c2)cc1. The molecule has 0 saturated carbocycles. The smallest absolute Gasteiger partial charge is 0.295 e. The molecule has 0 aromatic heterocycles. The van der Waals surface area contributed by atoms with E-state index >= 15 is 0 Å². The van der Waals surface area contributed by atoms with Gasteiger partial charge >= 0.3 is 0 Å². The number of carbonyl (C=O) groups is 2. The second kappa shape index (κ2) is 10.4. The highest BCUT2D eigenvalue weighted by atomic mass is 16.5. The molecule has 0 bridgehead atoms. The standard InChI is InChI=1S/C28H27NO7/c1-33-20-12-10-18(11-13-20)25(30)23-24(19-14-21(34-2)27(36-4)22(15-19)35-3)29(28(32)26(23)31)16-17-8-6-5-7-9-17/h5-15,24,30H,16H2,1-4H3/b25-23+. The number of aliphatic hydroxyl groups excluding tert-OH is 1. The van der Waals surface area contributed by atoms with Crippen LogP contribution in [0.15, 0.2) is 72.3 Å². The van der Waals surface area contributed by atoms with Gasteiger partial charge in [0.2, 0.25) is 5.75 Å². The number of carbonyl (C=O) groups excluding carboxylic acids is 2. The van der Waals surface area contributed by atoms with Crippen molar-refractivity contribution in [2.45, 2.75) is 12.6 Å². The maximum atomic E-state index is 13.3. The number of Topliss-reactive ketones (excluding diaryl/α,β-unsaturated/α-hetero) is 1. The maximum Gasteiger partial charge on any atom is 0.295 e. The number of hydrogen-bond donors (Lipinski definition) is 1. The Morgan fingerprint density at radius 2 is 1.44 bits per heavy atom. The number of nitrogens with zero attached hydrogens (tertiary/aromatic N) is 1. The largest absolute Gasteiger partial charge is 0.507 e. The molecule has 1 aliphatic heterocycles. The molecule has 1 saturated heterocycles. The van der Waals surface area contributed by atoms with Gasteiger partial charge in [0.05, 0.1) is 40.1 Å². The summed E-state index contributed by atoms with van der Waals surface area (Å²) in [6, 6.07) is 18.4. The molecule has 1 atom stereocenters. The number of rotatable bonds is 8. The molecule has 0 spiro atoms. The van der Waals surface area contributed by atoms with Crippen molar-refractivity contribution in [1.82, 2.24) is 4.90 Å². The fraction of sp³-hybridized carbons (Fsp3) is 0.214. The number of aliphatic hydroxyl groups is 1. The summed E-state index contributed by atoms with van der Waals surface area (Å²) in [5.74, 6) is -0.0876. The molecule has 4 rings (SSSR count). The van der Waals surface area contributed by atoms with Crippen molar-refractivity contribution in [3.05, 3.63) is 89.0 Å². The molecule has 1 heterocycles. The lowest BCUT2D eigenvalue weighted by atomic mass is 9.94. The first-order valence-electron chi connectivity index (χ1n) is 11.2. The van der Waals surface area contributed by atoms with Crippen LogP contribution in [0.5, 0.6) is 23.0 Å². The molecule has 36 heavy (non-hydrogen) atoms. The summed E-state index contributed by atoms with van der Waals surface area (Å²) in [7, 11) is 6.00. The molecule has 0 aliphatic carbocycles. The van der Waals surface area contributed by atoms with E-state index < -0.39 is 17.7 Å². The van der Waals surface area contributed by atoms with Crippen LogP contribution in [0.4, 0.5) is 0 Å². The van der Waals surface area contributed by atoms with Gasteiger partial charge in [-0.15, -0.1) is 0 Å². The minimum absolute atomic E-state index is 0.0321. The second-order valence-corrected chi connectivity index (χ2v) is 8.10. The Morgan fingerprint density at radius 1 is 0.833 bits per heavy atom. The minimum Gasteiger partial charge on any atom is -0.507 e. The van der Waals surface area contributed by atoms with Gasteiger partial charge in [-0.05, 0) is 47.5 Å². The monoisotopic (exact) mass is 489 g/mol. The molecule has 8 nitrogen and oxygen atoms in total. The van der Waals surface area contributed by atoms with Crippen LogP contribution >= 0.6 is 0 Å². The van der Waals surface area contributed by atoms with E-state index in [1.54, 1.807) is 36.4 Å². The van der Waals surface area contributed by atoms with Crippen molar-refractivity contribution in [2.75, 3.05) is 28.4 Å². The van der Waals surface area contributed by atoms with E-state index in [1.165, 1.54) is 33.3 Å². The van der Waals surface area contributed by atoms with Gasteiger partial charge < -0.3 is 29.0 Å². The van der Waals surface area contributed by atoms with Gasteiger partial charge in [0, 0.05) is 12.1 Å². The Bertz CT molecular complexity index is 1270. The van der Waals surface area contributed by atoms with Crippen LogP contribution in [0.25, 0.3) is 5.76 Å². The Morgan fingerprint density at radius 3 is 1.97 bits per heavy atom. The lowest BCUT2D eigenvalue weighted by Gasteiger charge is -2.26. The molecule has 8 heteroatoms. The van der Waals surface area contributed by atoms with Crippen LogP contribution in [0.2, 0.25) is 0 Å². The number of benzene rings is 3. The normalized spacial score (nSPS) is 16.7. The Kier molecular flexibility index (Phi) is 7.15. The molecule has 3 aromatic rings. The highest BCUT2D eigenvalue weighted by Crippen LogP contribution is 2.46. The van der Waals surface area contributed by atoms with Gasteiger partial charge in [-0.1, -0.05) is 30.3 Å². The van der Waals surface area contributed by atoms with E-state index in [4.69, 9.17) is 18.9 Å². The van der Waals surface area contributed by atoms with Crippen molar-refractivity contribution >= 4 is 17.4 Å². The topological polar surface area (TPSA) is 94.5 Å². The fourth-order valence-corrected chi connectivity index (χ4v) is 4.33. The minimum atomic E-state index is -0.902. The number of amides is 1. The van der Waals surface area contributed by atoms with E-state index in [9.17, 15) is 14.7 Å². The van der Waals surface area contributed by atoms with Crippen molar-refractivity contribution in [3.8, 4) is 23.0 Å². The molecule has 3 aromatic carbocycles. The quantitative estimate of drug-likeness (QED) is 0.286. The summed E-state index contributed by atoms with van der Waals surface area (Å²) < 4.78 is 21.6. The summed E-state index contributed by atoms with van der Waals surface area (Å²) in [6.45, 7) is 0.159. The van der Waals surface area contributed by atoms with Crippen LogP contribution in [0.1, 0.15) is 22.7 Å². The zero-order chi connectivity index (χ0) is 25.8. The van der Waals surface area contributed by atoms with Gasteiger partial charge in [-0.25, -0.2) is 0 Å². The second-order valence-electron chi connectivity index (χ2n) is 8.10. The highest BCUT2D eigenvalue weighted by Gasteiger charge is 2.46. The van der Waals surface area contributed by atoms with E-state index in [2.05, 4.69) is 0 Å². The molecule has 186 valence electrons. The van der Waals surface area contributed by atoms with Gasteiger partial charge in [0.1, 0.15) is 11.5 Å². The van der Waals surface area contributed by atoms with Gasteiger partial charge in [-0.2, -0.15) is 0 Å². The zero-order valence-corrected chi connectivity index (χ0v) is 20.5. The van der Waals surface area contributed by atoms with E-state index in [1.807, 2.05) is 30.3 Å². The third kappa shape index (κ3) is 4.45. The number of ketones is 1. The van der Waals surface area contributed by atoms with Gasteiger partial charge in [-0.3, -0.25) is 9.59 Å². The van der Waals surface area contributed by atoms with Crippen LogP contribution in [-0.2, 0) is 16.1 Å². The maximum absolute atomic E-state index is 13.3. The third-order valence-electron chi connectivity index (χ3n) is 6.10. The Labute approximate surface area is 209 Å². The number of methoxy groups -OCH3 is 4. The van der Waals surface area contributed by atoms with Crippen LogP contribution in [0, 0.1) is 0 Å². The molecular weight excluding hydrogens is 462 g/mol. The molecule has 0 radical (unpaired) electrons. The van der Waals surface area contributed by atoms with E-state index in [0.29, 0.717) is 34.1 Å². The Balaban J connectivity index is 1.93. The fourth-order valence-electron chi connectivity index (χ4n) is 4.33. The average Bonchev–Trinajstić information content (AvgIpc) is 3.17. The summed E-state index contributed by atoms with van der Waals surface area (Å²) in [6.07, 6.45) is 0. The summed E-state index contributed by atoms with van der Waals surface area (Å²) in [4.78, 5) is 28.1. The number of likely N-dealkylation sites (tertiary alicyclic amines) is 1. The third-order valence-corrected chi connectivity index (χ3v) is 6.10. The van der Waals surface area contributed by atoms with Crippen molar-refractivity contribution in [2.24, 2.45) is 0 Å². The van der Waals surface area contributed by atoms with Crippen LogP contribution in [0.3, 0.4) is 0 Å². The molecule has 1 aliphatic rings. The van der Waals surface area contributed by atoms with Crippen LogP contribution < -0.4 is 18.9 Å². The number of hydrogen-bond acceptors (Lipinski definition) is 7. The average molecular weight is 490 g/mol. The number of ether oxygens (including phenoxy) is 4. The van der Waals surface area contributed by atoms with Crippen molar-refractivity contribution in [1.29, 1.82) is 0 Å². The van der Waals surface area contributed by atoms with Crippen LogP contribution in [-0.4, -0.2) is 50.1 Å². The lowest BCUT2D eigenvalue weighted by Crippen LogP contribution is -2.29. The first-order chi connectivity index (χ1) is 17.4. The highest BCUT2D eigenvalue weighted by molar-refractivity contribution is 6.46. The van der Waals surface area contributed by atoms with Crippen molar-refractivity contribution < 1.29 is 33.6 Å². The first kappa shape index (κ1) is 24.7. The summed E-state index contributed by atoms with van der Waals surface area (Å²) in [5.41, 5.74) is 1.71. The molecule has 1 fully saturated rings. The van der Waals surface area contributed by atoms with E-state index in [0.717, 1.165) is 5.56 Å². The zero-order valence-electron chi connectivity index (χ0n) is 20.5. The molecule has 1 unspecified atom stereocenters. The van der Waals surface area contributed by atoms with Gasteiger partial charge in [0.15, 0.2) is 11.5 Å². The van der Waals surface area contributed by atoms with E-state index in [-0.39, 0.29) is 17.9 Å². The van der Waals surface area contributed by atoms with Gasteiger partial charge in [0.25, 0.3) is 11.7 Å². The van der Waals surface area contributed by atoms with Crippen molar-refractivity contribution in [3.63, 3.8) is 0 Å². The molecule has 1 N–H and O–H groups in total. The first-order valence-corrected chi connectivity index (χ1v) is 11.2. The predicted molar refractivity (Wildman–Crippen MR) is 133 cm³/mol. The summed E-state index contributed by atoms with van der Waals surface area (Å²) >= 11 is 0. The molecule has 1 amide bonds. The summed E-state index contributed by atoms with van der Waals surface area (Å²) in [5, 5.41) is 11.3. The molecular formula is C28H27NO7. The predicted octanol–water partition coefficient (Wildman–Crippen LogP) is 4.34.